The second-order valence-electron chi connectivity index (χ2n) is 8.02. The van der Waals surface area contributed by atoms with E-state index in [2.05, 4.69) is 41.1 Å². The van der Waals surface area contributed by atoms with Crippen LogP contribution in [0.2, 0.25) is 0 Å². The van der Waals surface area contributed by atoms with Crippen LogP contribution in [0.3, 0.4) is 0 Å². The smallest absolute Gasteiger partial charge is 0.213 e. The molecule has 0 heterocycles. The van der Waals surface area contributed by atoms with Gasteiger partial charge in [-0.25, -0.2) is 13.1 Å². The van der Waals surface area contributed by atoms with Crippen molar-refractivity contribution in [2.45, 2.75) is 58.1 Å². The van der Waals surface area contributed by atoms with Crippen LogP contribution < -0.4 is 15.4 Å². The molecule has 0 aromatic rings. The Labute approximate surface area is 152 Å². The predicted octanol–water partition coefficient (Wildman–Crippen LogP) is 1.07. The lowest BCUT2D eigenvalue weighted by molar-refractivity contribution is -0.176. The molecule has 3 N–H and O–H groups in total. The quantitative estimate of drug-likeness (QED) is 0.437. The molecule has 2 fully saturated rings. The Morgan fingerprint density at radius 1 is 1.28 bits per heavy atom. The van der Waals surface area contributed by atoms with Gasteiger partial charge in [-0.2, -0.15) is 0 Å². The molecule has 25 heavy (non-hydrogen) atoms. The normalized spacial score (nSPS) is 29.6. The number of sulfonamides is 1. The van der Waals surface area contributed by atoms with E-state index in [0.717, 1.165) is 19.3 Å². The first-order valence-electron chi connectivity index (χ1n) is 9.13. The molecule has 8 heteroatoms. The van der Waals surface area contributed by atoms with E-state index in [9.17, 15) is 8.42 Å². The predicted molar refractivity (Wildman–Crippen MR) is 101 cm³/mol. The fourth-order valence-corrected chi connectivity index (χ4v) is 4.41. The molecule has 7 nitrogen and oxygen atoms in total. The van der Waals surface area contributed by atoms with E-state index < -0.39 is 10.0 Å². The highest BCUT2D eigenvalue weighted by atomic mass is 32.2. The summed E-state index contributed by atoms with van der Waals surface area (Å²) in [6, 6.07) is 0.233. The third kappa shape index (κ3) is 4.65. The van der Waals surface area contributed by atoms with Gasteiger partial charge in [-0.3, -0.25) is 4.99 Å². The Hall–Kier alpha value is -0.860. The summed E-state index contributed by atoms with van der Waals surface area (Å²) < 4.78 is 32.4. The minimum Gasteiger partial charge on any atom is -0.378 e. The molecule has 0 aliphatic heterocycles. The van der Waals surface area contributed by atoms with Gasteiger partial charge in [0.2, 0.25) is 10.0 Å². The molecular formula is C17H34N4O3S. The van der Waals surface area contributed by atoms with Gasteiger partial charge in [0.1, 0.15) is 0 Å². The fourth-order valence-electron chi connectivity index (χ4n) is 3.40. The van der Waals surface area contributed by atoms with Crippen LogP contribution in [0.4, 0.5) is 0 Å². The summed E-state index contributed by atoms with van der Waals surface area (Å²) in [5, 5.41) is 6.48. The Balaban J connectivity index is 1.73. The molecule has 2 aliphatic rings. The van der Waals surface area contributed by atoms with Crippen LogP contribution in [0.25, 0.3) is 0 Å². The second-order valence-corrected chi connectivity index (χ2v) is 9.95. The van der Waals surface area contributed by atoms with Crippen LogP contribution in [-0.2, 0) is 14.8 Å². The lowest BCUT2D eigenvalue weighted by atomic mass is 9.56. The number of rotatable bonds is 8. The van der Waals surface area contributed by atoms with Crippen molar-refractivity contribution in [3.63, 3.8) is 0 Å². The maximum atomic E-state index is 12.0. The van der Waals surface area contributed by atoms with E-state index >= 15 is 0 Å². The van der Waals surface area contributed by atoms with Crippen LogP contribution in [0.5, 0.6) is 0 Å². The molecule has 2 unspecified atom stereocenters. The topological polar surface area (TPSA) is 91.8 Å². The summed E-state index contributed by atoms with van der Waals surface area (Å²) in [7, 11) is 0.199. The zero-order chi connectivity index (χ0) is 18.7. The number of methoxy groups -OCH3 is 1. The third-order valence-corrected chi connectivity index (χ3v) is 7.64. The molecular weight excluding hydrogens is 340 g/mol. The molecule has 2 aliphatic carbocycles. The van der Waals surface area contributed by atoms with Crippen molar-refractivity contribution < 1.29 is 13.2 Å². The van der Waals surface area contributed by atoms with Gasteiger partial charge in [0.15, 0.2) is 5.96 Å². The van der Waals surface area contributed by atoms with Gasteiger partial charge in [0.25, 0.3) is 0 Å². The fraction of sp³-hybridized carbons (Fsp3) is 0.941. The largest absolute Gasteiger partial charge is 0.378 e. The van der Waals surface area contributed by atoms with Crippen molar-refractivity contribution in [3.05, 3.63) is 0 Å². The second kappa shape index (κ2) is 7.80. The standard InChI is InChI=1S/C17H34N4O3S/c1-16(2)14(11-17(16,3)24-5)21-15(18-4)19-9-10-25(22,23)20-12-13-7-6-8-13/h13-14,20H,6-12H2,1-5H3,(H2,18,19,21). The average Bonchev–Trinajstić information content (AvgIpc) is 2.50. The lowest BCUT2D eigenvalue weighted by Gasteiger charge is -2.59. The monoisotopic (exact) mass is 374 g/mol. The molecule has 0 saturated heterocycles. The average molecular weight is 375 g/mol. The van der Waals surface area contributed by atoms with Gasteiger partial charge < -0.3 is 15.4 Å². The molecule has 2 saturated carbocycles. The molecule has 146 valence electrons. The van der Waals surface area contributed by atoms with Crippen LogP contribution in [-0.4, -0.2) is 59.0 Å². The molecule has 0 radical (unpaired) electrons. The van der Waals surface area contributed by atoms with Gasteiger partial charge in [-0.1, -0.05) is 20.3 Å². The molecule has 0 amide bonds. The highest BCUT2D eigenvalue weighted by molar-refractivity contribution is 7.89. The van der Waals surface area contributed by atoms with E-state index in [4.69, 9.17) is 4.74 Å². The zero-order valence-corrected chi connectivity index (χ0v) is 17.0. The maximum absolute atomic E-state index is 12.0. The molecule has 0 aromatic carbocycles. The summed E-state index contributed by atoms with van der Waals surface area (Å²) in [5.74, 6) is 1.20. The van der Waals surface area contributed by atoms with Gasteiger partial charge in [-0.05, 0) is 32.1 Å². The molecule has 0 bridgehead atoms. The van der Waals surface area contributed by atoms with Gasteiger partial charge in [0.05, 0.1) is 11.4 Å². The van der Waals surface area contributed by atoms with Gasteiger partial charge in [0, 0.05) is 38.7 Å². The van der Waals surface area contributed by atoms with Crippen molar-refractivity contribution in [1.29, 1.82) is 0 Å². The summed E-state index contributed by atoms with van der Waals surface area (Å²) in [5.41, 5.74) is -0.186. The number of nitrogens with zero attached hydrogens (tertiary/aromatic N) is 1. The minimum absolute atomic E-state index is 0.0320. The summed E-state index contributed by atoms with van der Waals surface area (Å²) in [6.45, 7) is 7.34. The van der Waals surface area contributed by atoms with Crippen molar-refractivity contribution in [2.24, 2.45) is 16.3 Å². The first kappa shape index (κ1) is 20.5. The minimum atomic E-state index is -3.24. The van der Waals surface area contributed by atoms with Crippen molar-refractivity contribution >= 4 is 16.0 Å². The lowest BCUT2D eigenvalue weighted by Crippen LogP contribution is -2.69. The third-order valence-electron chi connectivity index (χ3n) is 6.29. The summed E-state index contributed by atoms with van der Waals surface area (Å²) in [4.78, 5) is 4.20. The SMILES string of the molecule is CN=C(NCCS(=O)(=O)NCC1CCC1)NC1CC(C)(OC)C1(C)C. The number of nitrogens with one attached hydrogen (secondary N) is 3. The maximum Gasteiger partial charge on any atom is 0.213 e. The van der Waals surface area contributed by atoms with E-state index in [1.165, 1.54) is 6.42 Å². The van der Waals surface area contributed by atoms with E-state index in [1.54, 1.807) is 14.2 Å². The highest BCUT2D eigenvalue weighted by Gasteiger charge is 2.58. The molecule has 0 aromatic heterocycles. The van der Waals surface area contributed by atoms with Crippen LogP contribution in [0.15, 0.2) is 4.99 Å². The van der Waals surface area contributed by atoms with Crippen molar-refractivity contribution in [1.82, 2.24) is 15.4 Å². The Kier molecular flexibility index (Phi) is 6.38. The summed E-state index contributed by atoms with van der Waals surface area (Å²) in [6.07, 6.45) is 4.37. The van der Waals surface area contributed by atoms with Crippen LogP contribution >= 0.6 is 0 Å². The Morgan fingerprint density at radius 3 is 2.44 bits per heavy atom. The highest BCUT2D eigenvalue weighted by Crippen LogP contribution is 2.51. The number of hydrogen-bond donors (Lipinski definition) is 3. The van der Waals surface area contributed by atoms with E-state index in [0.29, 0.717) is 25.0 Å². The van der Waals surface area contributed by atoms with Crippen LogP contribution in [0, 0.1) is 11.3 Å². The molecule has 2 atom stereocenters. The number of guanidine groups is 1. The number of aliphatic imine (C=N–C) groups is 1. The van der Waals surface area contributed by atoms with Crippen LogP contribution in [0.1, 0.15) is 46.5 Å². The number of hydrogen-bond acceptors (Lipinski definition) is 4. The first-order valence-corrected chi connectivity index (χ1v) is 10.8. The van der Waals surface area contributed by atoms with Gasteiger partial charge in [-0.15, -0.1) is 0 Å². The van der Waals surface area contributed by atoms with Crippen molar-refractivity contribution in [3.8, 4) is 0 Å². The van der Waals surface area contributed by atoms with E-state index in [1.807, 2.05) is 0 Å². The summed E-state index contributed by atoms with van der Waals surface area (Å²) >= 11 is 0. The molecule has 2 rings (SSSR count). The van der Waals surface area contributed by atoms with Gasteiger partial charge >= 0.3 is 0 Å². The molecule has 0 spiro atoms. The Morgan fingerprint density at radius 2 is 1.96 bits per heavy atom. The van der Waals surface area contributed by atoms with E-state index in [-0.39, 0.29) is 22.8 Å². The Bertz CT molecular complexity index is 587. The van der Waals surface area contributed by atoms with Crippen molar-refractivity contribution in [2.75, 3.05) is 33.0 Å². The number of ether oxygens (including phenoxy) is 1. The zero-order valence-electron chi connectivity index (χ0n) is 16.2. The first-order chi connectivity index (χ1) is 11.6.